The lowest BCUT2D eigenvalue weighted by Gasteiger charge is -2.14. The number of thiophene rings is 1. The van der Waals surface area contributed by atoms with E-state index in [9.17, 15) is 4.79 Å². The highest BCUT2D eigenvalue weighted by atomic mass is 32.1. The van der Waals surface area contributed by atoms with E-state index in [1.54, 1.807) is 12.3 Å². The molecule has 1 amide bonds. The summed E-state index contributed by atoms with van der Waals surface area (Å²) in [5.41, 5.74) is 6.57. The maximum Gasteiger partial charge on any atom is 0.266 e. The quantitative estimate of drug-likeness (QED) is 0.850. The molecule has 3 rings (SSSR count). The Morgan fingerprint density at radius 1 is 1.61 bits per heavy atom. The van der Waals surface area contributed by atoms with Crippen molar-refractivity contribution in [1.29, 1.82) is 0 Å². The predicted octanol–water partition coefficient (Wildman–Crippen LogP) is 1.76. The summed E-state index contributed by atoms with van der Waals surface area (Å²) in [6, 6.07) is 1.80. The molecule has 1 fully saturated rings. The zero-order valence-corrected chi connectivity index (χ0v) is 10.9. The van der Waals surface area contributed by atoms with E-state index in [0.717, 1.165) is 29.7 Å². The fraction of sp³-hybridized carbons (Fsp3) is 0.417. The highest BCUT2D eigenvalue weighted by molar-refractivity contribution is 7.21. The Morgan fingerprint density at radius 3 is 3.11 bits per heavy atom. The molecule has 0 aromatic carbocycles. The van der Waals surface area contributed by atoms with Gasteiger partial charge in [0.2, 0.25) is 0 Å². The molecule has 6 heteroatoms. The second kappa shape index (κ2) is 4.20. The van der Waals surface area contributed by atoms with Gasteiger partial charge in [0, 0.05) is 18.5 Å². The first kappa shape index (κ1) is 11.4. The number of nitrogens with two attached hydrogens (primary N) is 1. The van der Waals surface area contributed by atoms with E-state index < -0.39 is 0 Å². The second-order valence-corrected chi connectivity index (χ2v) is 5.74. The molecule has 1 atom stereocenters. The van der Waals surface area contributed by atoms with Crippen molar-refractivity contribution >= 4 is 33.1 Å². The highest BCUT2D eigenvalue weighted by Gasteiger charge is 2.27. The normalized spacial score (nSPS) is 19.6. The minimum atomic E-state index is 0.0276. The molecule has 2 aromatic rings. The average molecular weight is 262 g/mol. The van der Waals surface area contributed by atoms with Crippen LogP contribution in [0.3, 0.4) is 0 Å². The first-order valence-electron chi connectivity index (χ1n) is 5.95. The van der Waals surface area contributed by atoms with Gasteiger partial charge >= 0.3 is 0 Å². The number of rotatable bonds is 1. The number of likely N-dealkylation sites (tertiary alicyclic amines) is 1. The molecular weight excluding hydrogens is 248 g/mol. The number of fused-ring (bicyclic) bond motifs is 1. The number of carbonyl (C=O) groups is 1. The monoisotopic (exact) mass is 262 g/mol. The number of hydrogen-bond acceptors (Lipinski definition) is 5. The number of anilines is 1. The van der Waals surface area contributed by atoms with Crippen molar-refractivity contribution in [3.05, 3.63) is 17.1 Å². The van der Waals surface area contributed by atoms with Gasteiger partial charge in [-0.25, -0.2) is 0 Å². The standard InChI is InChI=1S/C12H14N4OS/c1-7-3-5-16(6-7)12(17)10-9(13)8-2-4-14-15-11(8)18-10/h2,4,7H,3,5-6,13H2,1H3. The van der Waals surface area contributed by atoms with Crippen molar-refractivity contribution in [2.45, 2.75) is 13.3 Å². The maximum absolute atomic E-state index is 12.4. The fourth-order valence-corrected chi connectivity index (χ4v) is 3.30. The summed E-state index contributed by atoms with van der Waals surface area (Å²) in [5, 5.41) is 8.65. The lowest BCUT2D eigenvalue weighted by molar-refractivity contribution is 0.0794. The summed E-state index contributed by atoms with van der Waals surface area (Å²) in [6.07, 6.45) is 2.66. The molecule has 94 valence electrons. The van der Waals surface area contributed by atoms with Gasteiger partial charge < -0.3 is 10.6 Å². The van der Waals surface area contributed by atoms with E-state index >= 15 is 0 Å². The molecule has 1 aliphatic rings. The fourth-order valence-electron chi connectivity index (χ4n) is 2.30. The van der Waals surface area contributed by atoms with Crippen molar-refractivity contribution < 1.29 is 4.79 Å². The number of amides is 1. The Hall–Kier alpha value is -1.69. The summed E-state index contributed by atoms with van der Waals surface area (Å²) in [6.45, 7) is 3.80. The van der Waals surface area contributed by atoms with Crippen LogP contribution < -0.4 is 5.73 Å². The van der Waals surface area contributed by atoms with Gasteiger partial charge in [0.1, 0.15) is 9.71 Å². The predicted molar refractivity (Wildman–Crippen MR) is 71.5 cm³/mol. The Kier molecular flexibility index (Phi) is 2.66. The molecule has 1 unspecified atom stereocenters. The van der Waals surface area contributed by atoms with E-state index in [4.69, 9.17) is 5.73 Å². The Morgan fingerprint density at radius 2 is 2.44 bits per heavy atom. The van der Waals surface area contributed by atoms with Crippen LogP contribution in [0, 0.1) is 5.92 Å². The van der Waals surface area contributed by atoms with Crippen LogP contribution in [0.2, 0.25) is 0 Å². The molecule has 3 heterocycles. The molecule has 0 radical (unpaired) electrons. The van der Waals surface area contributed by atoms with E-state index in [1.807, 2.05) is 4.90 Å². The van der Waals surface area contributed by atoms with Crippen molar-refractivity contribution in [1.82, 2.24) is 15.1 Å². The molecule has 5 nitrogen and oxygen atoms in total. The van der Waals surface area contributed by atoms with Crippen LogP contribution in [0.25, 0.3) is 10.2 Å². The molecule has 2 N–H and O–H groups in total. The van der Waals surface area contributed by atoms with Gasteiger partial charge in [-0.3, -0.25) is 4.79 Å². The molecule has 2 aromatic heterocycles. The Bertz CT molecular complexity index is 609. The smallest absolute Gasteiger partial charge is 0.266 e. The second-order valence-electron chi connectivity index (χ2n) is 4.74. The molecule has 18 heavy (non-hydrogen) atoms. The van der Waals surface area contributed by atoms with E-state index in [0.29, 0.717) is 16.5 Å². The Labute approximate surface area is 109 Å². The van der Waals surface area contributed by atoms with Crippen LogP contribution in [0.4, 0.5) is 5.69 Å². The number of carbonyl (C=O) groups excluding carboxylic acids is 1. The van der Waals surface area contributed by atoms with Gasteiger partial charge in [0.05, 0.1) is 11.9 Å². The maximum atomic E-state index is 12.4. The van der Waals surface area contributed by atoms with Gasteiger partial charge in [0.15, 0.2) is 0 Å². The lowest BCUT2D eigenvalue weighted by Crippen LogP contribution is -2.28. The van der Waals surface area contributed by atoms with Crippen LogP contribution in [-0.4, -0.2) is 34.1 Å². The first-order valence-corrected chi connectivity index (χ1v) is 6.77. The minimum Gasteiger partial charge on any atom is -0.397 e. The zero-order chi connectivity index (χ0) is 12.7. The first-order chi connectivity index (χ1) is 8.66. The van der Waals surface area contributed by atoms with Gasteiger partial charge in [-0.1, -0.05) is 6.92 Å². The number of nitrogen functional groups attached to an aromatic ring is 1. The molecule has 0 spiro atoms. The SMILES string of the molecule is CC1CCN(C(=O)c2sc3nnccc3c2N)C1. The van der Waals surface area contributed by atoms with Gasteiger partial charge in [-0.2, -0.15) is 5.10 Å². The van der Waals surface area contributed by atoms with Crippen LogP contribution in [0.5, 0.6) is 0 Å². The number of aromatic nitrogens is 2. The molecule has 1 aliphatic heterocycles. The van der Waals surface area contributed by atoms with Crippen molar-refractivity contribution in [2.75, 3.05) is 18.8 Å². The van der Waals surface area contributed by atoms with Crippen LogP contribution in [0.1, 0.15) is 23.0 Å². The van der Waals surface area contributed by atoms with Crippen molar-refractivity contribution in [3.8, 4) is 0 Å². The highest BCUT2D eigenvalue weighted by Crippen LogP contribution is 2.33. The third-order valence-electron chi connectivity index (χ3n) is 3.33. The largest absolute Gasteiger partial charge is 0.397 e. The Balaban J connectivity index is 1.99. The molecular formula is C12H14N4OS. The van der Waals surface area contributed by atoms with Crippen molar-refractivity contribution in [3.63, 3.8) is 0 Å². The van der Waals surface area contributed by atoms with Gasteiger partial charge in [-0.05, 0) is 18.4 Å². The average Bonchev–Trinajstić information content (AvgIpc) is 2.94. The summed E-state index contributed by atoms with van der Waals surface area (Å²) < 4.78 is 0. The van der Waals surface area contributed by atoms with E-state index in [1.165, 1.54) is 11.3 Å². The van der Waals surface area contributed by atoms with Crippen molar-refractivity contribution in [2.24, 2.45) is 5.92 Å². The number of nitrogens with zero attached hydrogens (tertiary/aromatic N) is 3. The summed E-state index contributed by atoms with van der Waals surface area (Å²) in [5.74, 6) is 0.601. The summed E-state index contributed by atoms with van der Waals surface area (Å²) >= 11 is 1.33. The number of hydrogen-bond donors (Lipinski definition) is 1. The third-order valence-corrected chi connectivity index (χ3v) is 4.42. The molecule has 0 aliphatic carbocycles. The molecule has 0 saturated carbocycles. The van der Waals surface area contributed by atoms with Crippen LogP contribution in [0.15, 0.2) is 12.3 Å². The van der Waals surface area contributed by atoms with Crippen LogP contribution in [-0.2, 0) is 0 Å². The summed E-state index contributed by atoms with van der Waals surface area (Å²) in [7, 11) is 0. The van der Waals surface area contributed by atoms with E-state index in [-0.39, 0.29) is 5.91 Å². The zero-order valence-electron chi connectivity index (χ0n) is 10.1. The van der Waals surface area contributed by atoms with E-state index in [2.05, 4.69) is 17.1 Å². The van der Waals surface area contributed by atoms with Gasteiger partial charge in [-0.15, -0.1) is 16.4 Å². The van der Waals surface area contributed by atoms with Crippen LogP contribution >= 0.6 is 11.3 Å². The molecule has 1 saturated heterocycles. The topological polar surface area (TPSA) is 72.1 Å². The third kappa shape index (κ3) is 1.73. The molecule has 0 bridgehead atoms. The minimum absolute atomic E-state index is 0.0276. The lowest BCUT2D eigenvalue weighted by atomic mass is 10.2. The van der Waals surface area contributed by atoms with Gasteiger partial charge in [0.25, 0.3) is 5.91 Å². The summed E-state index contributed by atoms with van der Waals surface area (Å²) in [4.78, 5) is 15.6.